The van der Waals surface area contributed by atoms with Gasteiger partial charge in [-0.05, 0) is 5.56 Å². The number of alkyl halides is 2. The molecule has 2 atom stereocenters. The Morgan fingerprint density at radius 3 is 2.79 bits per heavy atom. The summed E-state index contributed by atoms with van der Waals surface area (Å²) in [6.07, 6.45) is -2.16. The second kappa shape index (κ2) is 2.77. The molecule has 0 saturated heterocycles. The highest BCUT2D eigenvalue weighted by Crippen LogP contribution is 2.42. The summed E-state index contributed by atoms with van der Waals surface area (Å²) in [5.74, 6) is -1.75. The standard InChI is InChI=1S/C10H8F2O2/c11-8-5-6-3-1-2-4-7(6)10(8,12)9(13)14/h1-4,8H,5H2,(H,13,14). The number of rotatable bonds is 1. The molecule has 0 radical (unpaired) electrons. The molecule has 1 N–H and O–H groups in total. The van der Waals surface area contributed by atoms with Crippen molar-refractivity contribution in [2.24, 2.45) is 0 Å². The van der Waals surface area contributed by atoms with Gasteiger partial charge in [0.05, 0.1) is 0 Å². The first-order valence-electron chi connectivity index (χ1n) is 4.21. The molecule has 2 rings (SSSR count). The maximum Gasteiger partial charge on any atom is 0.349 e. The number of carbonyl (C=O) groups is 1. The van der Waals surface area contributed by atoms with Crippen LogP contribution in [0.15, 0.2) is 24.3 Å². The lowest BCUT2D eigenvalue weighted by atomic mass is 9.97. The Morgan fingerprint density at radius 2 is 2.14 bits per heavy atom. The zero-order valence-electron chi connectivity index (χ0n) is 7.21. The van der Waals surface area contributed by atoms with E-state index in [9.17, 15) is 13.6 Å². The number of hydrogen-bond acceptors (Lipinski definition) is 1. The molecule has 2 nitrogen and oxygen atoms in total. The van der Waals surface area contributed by atoms with Crippen molar-refractivity contribution in [3.05, 3.63) is 35.4 Å². The number of carboxylic acids is 1. The number of fused-ring (bicyclic) bond motifs is 1. The Morgan fingerprint density at radius 1 is 1.50 bits per heavy atom. The van der Waals surface area contributed by atoms with E-state index < -0.39 is 17.8 Å². The fourth-order valence-corrected chi connectivity index (χ4v) is 1.80. The van der Waals surface area contributed by atoms with Gasteiger partial charge in [0.1, 0.15) is 0 Å². The summed E-state index contributed by atoms with van der Waals surface area (Å²) in [7, 11) is 0. The van der Waals surface area contributed by atoms with Crippen LogP contribution in [-0.2, 0) is 16.9 Å². The molecule has 1 aliphatic carbocycles. The first kappa shape index (κ1) is 9.12. The minimum atomic E-state index is -2.86. The van der Waals surface area contributed by atoms with Crippen LogP contribution in [0.1, 0.15) is 11.1 Å². The molecule has 0 spiro atoms. The van der Waals surface area contributed by atoms with Gasteiger partial charge in [0.2, 0.25) is 0 Å². The van der Waals surface area contributed by atoms with Crippen LogP contribution in [0.3, 0.4) is 0 Å². The topological polar surface area (TPSA) is 37.3 Å². The number of carboxylic acid groups (broad SMARTS) is 1. The molecule has 0 saturated carbocycles. The largest absolute Gasteiger partial charge is 0.479 e. The van der Waals surface area contributed by atoms with E-state index in [2.05, 4.69) is 0 Å². The fraction of sp³-hybridized carbons (Fsp3) is 0.300. The highest BCUT2D eigenvalue weighted by atomic mass is 19.2. The molecule has 74 valence electrons. The van der Waals surface area contributed by atoms with Crippen molar-refractivity contribution in [3.8, 4) is 0 Å². The first-order chi connectivity index (χ1) is 6.56. The normalized spacial score (nSPS) is 30.0. The molecule has 0 aliphatic heterocycles. The van der Waals surface area contributed by atoms with Gasteiger partial charge in [0.25, 0.3) is 5.67 Å². The van der Waals surface area contributed by atoms with Crippen molar-refractivity contribution in [1.82, 2.24) is 0 Å². The van der Waals surface area contributed by atoms with Gasteiger partial charge in [0.15, 0.2) is 6.17 Å². The second-order valence-electron chi connectivity index (χ2n) is 3.35. The molecule has 1 aliphatic rings. The van der Waals surface area contributed by atoms with Crippen molar-refractivity contribution in [1.29, 1.82) is 0 Å². The molecule has 1 aromatic carbocycles. The van der Waals surface area contributed by atoms with Gasteiger partial charge in [-0.3, -0.25) is 0 Å². The zero-order chi connectivity index (χ0) is 10.3. The number of benzene rings is 1. The smallest absolute Gasteiger partial charge is 0.349 e. The van der Waals surface area contributed by atoms with E-state index in [0.717, 1.165) is 0 Å². The van der Waals surface area contributed by atoms with Crippen LogP contribution in [0.5, 0.6) is 0 Å². The minimum Gasteiger partial charge on any atom is -0.479 e. The number of hydrogen-bond donors (Lipinski definition) is 1. The van der Waals surface area contributed by atoms with E-state index in [-0.39, 0.29) is 12.0 Å². The molecule has 1 aromatic rings. The first-order valence-corrected chi connectivity index (χ1v) is 4.21. The Bertz CT molecular complexity index is 391. The summed E-state index contributed by atoms with van der Waals surface area (Å²) in [4.78, 5) is 10.7. The van der Waals surface area contributed by atoms with Crippen molar-refractivity contribution in [2.45, 2.75) is 18.3 Å². The molecule has 0 bridgehead atoms. The average molecular weight is 198 g/mol. The lowest BCUT2D eigenvalue weighted by Gasteiger charge is -2.17. The van der Waals surface area contributed by atoms with Crippen molar-refractivity contribution >= 4 is 5.97 Å². The molecule has 14 heavy (non-hydrogen) atoms. The highest BCUT2D eigenvalue weighted by Gasteiger charge is 2.54. The molecule has 0 aromatic heterocycles. The highest BCUT2D eigenvalue weighted by molar-refractivity contribution is 5.82. The van der Waals surface area contributed by atoms with E-state index in [4.69, 9.17) is 5.11 Å². The Labute approximate surface area is 79.2 Å². The van der Waals surface area contributed by atoms with Gasteiger partial charge >= 0.3 is 5.97 Å². The molecule has 0 heterocycles. The Balaban J connectivity index is 2.60. The summed E-state index contributed by atoms with van der Waals surface area (Å²) in [5, 5.41) is 8.67. The van der Waals surface area contributed by atoms with Crippen LogP contribution < -0.4 is 0 Å². The quantitative estimate of drug-likeness (QED) is 0.747. The predicted octanol–water partition coefficient (Wildman–Crippen LogP) is 1.83. The van der Waals surface area contributed by atoms with E-state index in [0.29, 0.717) is 5.56 Å². The molecule has 0 fully saturated rings. The van der Waals surface area contributed by atoms with Gasteiger partial charge in [-0.2, -0.15) is 0 Å². The van der Waals surface area contributed by atoms with Crippen molar-refractivity contribution in [3.63, 3.8) is 0 Å². The third-order valence-corrected chi connectivity index (χ3v) is 2.55. The second-order valence-corrected chi connectivity index (χ2v) is 3.35. The van der Waals surface area contributed by atoms with E-state index >= 15 is 0 Å². The molecule has 2 unspecified atom stereocenters. The van der Waals surface area contributed by atoms with Gasteiger partial charge in [-0.15, -0.1) is 0 Å². The SMILES string of the molecule is O=C(O)C1(F)c2ccccc2CC1F. The predicted molar refractivity (Wildman–Crippen MR) is 45.5 cm³/mol. The van der Waals surface area contributed by atoms with Gasteiger partial charge in [-0.1, -0.05) is 24.3 Å². The van der Waals surface area contributed by atoms with Crippen LogP contribution in [-0.4, -0.2) is 17.2 Å². The maximum atomic E-state index is 13.8. The fourth-order valence-electron chi connectivity index (χ4n) is 1.80. The summed E-state index contributed by atoms with van der Waals surface area (Å²) >= 11 is 0. The zero-order valence-corrected chi connectivity index (χ0v) is 7.21. The van der Waals surface area contributed by atoms with Crippen LogP contribution in [0, 0.1) is 0 Å². The molecular weight excluding hydrogens is 190 g/mol. The summed E-state index contributed by atoms with van der Waals surface area (Å²) in [5.41, 5.74) is -2.48. The average Bonchev–Trinajstić information content (AvgIpc) is 2.41. The summed E-state index contributed by atoms with van der Waals surface area (Å²) < 4.78 is 27.1. The monoisotopic (exact) mass is 198 g/mol. The molecule has 4 heteroatoms. The van der Waals surface area contributed by atoms with E-state index in [1.165, 1.54) is 12.1 Å². The Kier molecular flexibility index (Phi) is 1.80. The van der Waals surface area contributed by atoms with Crippen LogP contribution in [0.2, 0.25) is 0 Å². The summed E-state index contributed by atoms with van der Waals surface area (Å²) in [6, 6.07) is 6.02. The molecular formula is C10H8F2O2. The minimum absolute atomic E-state index is 0.0556. The van der Waals surface area contributed by atoms with Crippen LogP contribution in [0.25, 0.3) is 0 Å². The summed E-state index contributed by atoms with van der Waals surface area (Å²) in [6.45, 7) is 0. The lowest BCUT2D eigenvalue weighted by molar-refractivity contribution is -0.155. The third-order valence-electron chi connectivity index (χ3n) is 2.55. The number of halogens is 2. The third kappa shape index (κ3) is 0.967. The Hall–Kier alpha value is -1.45. The van der Waals surface area contributed by atoms with Crippen LogP contribution in [0.4, 0.5) is 8.78 Å². The van der Waals surface area contributed by atoms with Crippen molar-refractivity contribution < 1.29 is 18.7 Å². The number of aliphatic carboxylic acids is 1. The van der Waals surface area contributed by atoms with E-state index in [1.54, 1.807) is 12.1 Å². The lowest BCUT2D eigenvalue weighted by Crippen LogP contribution is -2.37. The molecule has 0 amide bonds. The van der Waals surface area contributed by atoms with Crippen molar-refractivity contribution in [2.75, 3.05) is 0 Å². The van der Waals surface area contributed by atoms with Gasteiger partial charge < -0.3 is 5.11 Å². The van der Waals surface area contributed by atoms with Crippen LogP contribution >= 0.6 is 0 Å². The van der Waals surface area contributed by atoms with E-state index in [1.807, 2.05) is 0 Å². The van der Waals surface area contributed by atoms with Gasteiger partial charge in [0, 0.05) is 12.0 Å². The van der Waals surface area contributed by atoms with Gasteiger partial charge in [-0.25, -0.2) is 13.6 Å². The maximum absolute atomic E-state index is 13.8.